The number of carbonyl (C=O) groups is 1. The van der Waals surface area contributed by atoms with E-state index in [-0.39, 0.29) is 5.91 Å². The van der Waals surface area contributed by atoms with E-state index in [9.17, 15) is 4.79 Å². The molecule has 0 aliphatic heterocycles. The van der Waals surface area contributed by atoms with Gasteiger partial charge in [-0.1, -0.05) is 26.0 Å². The van der Waals surface area contributed by atoms with Gasteiger partial charge in [-0.3, -0.25) is 4.79 Å². The van der Waals surface area contributed by atoms with Crippen molar-refractivity contribution in [3.8, 4) is 5.75 Å². The van der Waals surface area contributed by atoms with Crippen LogP contribution in [0.3, 0.4) is 0 Å². The third kappa shape index (κ3) is 6.04. The number of hydrazone groups is 1. The van der Waals surface area contributed by atoms with E-state index in [0.717, 1.165) is 23.4 Å². The number of ether oxygens (including phenoxy) is 1. The highest BCUT2D eigenvalue weighted by molar-refractivity contribution is 5.85. The monoisotopic (exact) mass is 262 g/mol. The van der Waals surface area contributed by atoms with Crippen LogP contribution in [0.25, 0.3) is 0 Å². The molecule has 0 saturated carbocycles. The molecule has 0 aromatic heterocycles. The SMILES string of the molecule is COc1ccc(CC(=O)N/N=C(\C)CC(C)C)cc1. The minimum Gasteiger partial charge on any atom is -0.497 e. The maximum absolute atomic E-state index is 11.7. The second-order valence-electron chi connectivity index (χ2n) is 5.00. The van der Waals surface area contributed by atoms with Crippen LogP contribution in [0.15, 0.2) is 29.4 Å². The highest BCUT2D eigenvalue weighted by Crippen LogP contribution is 2.11. The average Bonchev–Trinajstić information content (AvgIpc) is 2.36. The lowest BCUT2D eigenvalue weighted by molar-refractivity contribution is -0.120. The Morgan fingerprint density at radius 2 is 1.95 bits per heavy atom. The predicted octanol–water partition coefficient (Wildman–Crippen LogP) is 2.78. The van der Waals surface area contributed by atoms with Crippen LogP contribution >= 0.6 is 0 Å². The van der Waals surface area contributed by atoms with Crippen molar-refractivity contribution < 1.29 is 9.53 Å². The topological polar surface area (TPSA) is 50.7 Å². The van der Waals surface area contributed by atoms with Crippen LogP contribution in [0, 0.1) is 5.92 Å². The van der Waals surface area contributed by atoms with Gasteiger partial charge in [0.2, 0.25) is 5.91 Å². The smallest absolute Gasteiger partial charge is 0.244 e. The molecular formula is C15H22N2O2. The van der Waals surface area contributed by atoms with Crippen molar-refractivity contribution in [3.05, 3.63) is 29.8 Å². The van der Waals surface area contributed by atoms with Crippen LogP contribution in [0.4, 0.5) is 0 Å². The number of amides is 1. The van der Waals surface area contributed by atoms with E-state index in [2.05, 4.69) is 24.4 Å². The zero-order valence-corrected chi connectivity index (χ0v) is 12.1. The molecule has 0 spiro atoms. The minimum atomic E-state index is -0.103. The highest BCUT2D eigenvalue weighted by Gasteiger charge is 2.03. The molecule has 19 heavy (non-hydrogen) atoms. The highest BCUT2D eigenvalue weighted by atomic mass is 16.5. The van der Waals surface area contributed by atoms with Gasteiger partial charge in [0.15, 0.2) is 0 Å². The molecule has 1 N–H and O–H groups in total. The van der Waals surface area contributed by atoms with Gasteiger partial charge in [0.05, 0.1) is 13.5 Å². The summed E-state index contributed by atoms with van der Waals surface area (Å²) in [5.74, 6) is 1.23. The number of nitrogens with one attached hydrogen (secondary N) is 1. The van der Waals surface area contributed by atoms with E-state index < -0.39 is 0 Å². The van der Waals surface area contributed by atoms with Gasteiger partial charge in [0.25, 0.3) is 0 Å². The first-order chi connectivity index (χ1) is 9.01. The summed E-state index contributed by atoms with van der Waals surface area (Å²) in [6.07, 6.45) is 1.21. The third-order valence-corrected chi connectivity index (χ3v) is 2.60. The Morgan fingerprint density at radius 3 is 2.47 bits per heavy atom. The van der Waals surface area contributed by atoms with E-state index in [1.807, 2.05) is 31.2 Å². The molecule has 0 aliphatic rings. The lowest BCUT2D eigenvalue weighted by Crippen LogP contribution is -2.21. The summed E-state index contributed by atoms with van der Waals surface area (Å²) in [4.78, 5) is 11.7. The molecule has 1 amide bonds. The molecule has 0 saturated heterocycles. The summed E-state index contributed by atoms with van der Waals surface area (Å²) < 4.78 is 5.07. The van der Waals surface area contributed by atoms with Gasteiger partial charge in [0, 0.05) is 5.71 Å². The Bertz CT molecular complexity index is 436. The van der Waals surface area contributed by atoms with Crippen LogP contribution < -0.4 is 10.2 Å². The molecule has 4 heteroatoms. The zero-order chi connectivity index (χ0) is 14.3. The van der Waals surface area contributed by atoms with Gasteiger partial charge >= 0.3 is 0 Å². The fraction of sp³-hybridized carbons (Fsp3) is 0.467. The number of nitrogens with zero attached hydrogens (tertiary/aromatic N) is 1. The number of rotatable bonds is 6. The molecule has 0 atom stereocenters. The molecular weight excluding hydrogens is 240 g/mol. The predicted molar refractivity (Wildman–Crippen MR) is 77.4 cm³/mol. The Hall–Kier alpha value is -1.84. The molecule has 0 unspecified atom stereocenters. The van der Waals surface area contributed by atoms with Crippen molar-refractivity contribution in [1.29, 1.82) is 0 Å². The van der Waals surface area contributed by atoms with E-state index in [1.165, 1.54) is 0 Å². The standard InChI is InChI=1S/C15H22N2O2/c1-11(2)9-12(3)16-17-15(18)10-13-5-7-14(19-4)8-6-13/h5-8,11H,9-10H2,1-4H3,(H,17,18)/b16-12+. The van der Waals surface area contributed by atoms with Crippen LogP contribution in [0.2, 0.25) is 0 Å². The maximum atomic E-state index is 11.7. The van der Waals surface area contributed by atoms with Crippen molar-refractivity contribution in [1.82, 2.24) is 5.43 Å². The maximum Gasteiger partial charge on any atom is 0.244 e. The third-order valence-electron chi connectivity index (χ3n) is 2.60. The molecule has 1 rings (SSSR count). The summed E-state index contributed by atoms with van der Waals surface area (Å²) in [7, 11) is 1.62. The summed E-state index contributed by atoms with van der Waals surface area (Å²) in [6, 6.07) is 7.44. The lowest BCUT2D eigenvalue weighted by Gasteiger charge is -2.05. The van der Waals surface area contributed by atoms with Gasteiger partial charge < -0.3 is 4.74 Å². The number of hydrogen-bond acceptors (Lipinski definition) is 3. The van der Waals surface area contributed by atoms with Gasteiger partial charge in [-0.05, 0) is 37.0 Å². The van der Waals surface area contributed by atoms with Crippen LogP contribution in [-0.4, -0.2) is 18.7 Å². The average molecular weight is 262 g/mol. The zero-order valence-electron chi connectivity index (χ0n) is 12.1. The van der Waals surface area contributed by atoms with Crippen molar-refractivity contribution in [2.24, 2.45) is 11.0 Å². The van der Waals surface area contributed by atoms with Crippen molar-refractivity contribution in [2.45, 2.75) is 33.6 Å². The Morgan fingerprint density at radius 1 is 1.32 bits per heavy atom. The molecule has 104 valence electrons. The first-order valence-corrected chi connectivity index (χ1v) is 6.46. The normalized spacial score (nSPS) is 11.5. The second kappa shape index (κ2) is 7.56. The fourth-order valence-electron chi connectivity index (χ4n) is 1.76. The fourth-order valence-corrected chi connectivity index (χ4v) is 1.76. The summed E-state index contributed by atoms with van der Waals surface area (Å²) in [5, 5.41) is 4.09. The van der Waals surface area contributed by atoms with E-state index >= 15 is 0 Å². The van der Waals surface area contributed by atoms with Gasteiger partial charge in [-0.15, -0.1) is 0 Å². The van der Waals surface area contributed by atoms with Crippen molar-refractivity contribution in [3.63, 3.8) is 0 Å². The molecule has 1 aromatic carbocycles. The first kappa shape index (κ1) is 15.2. The quantitative estimate of drug-likeness (QED) is 0.633. The second-order valence-corrected chi connectivity index (χ2v) is 5.00. The number of carbonyl (C=O) groups excluding carboxylic acids is 1. The summed E-state index contributed by atoms with van der Waals surface area (Å²) >= 11 is 0. The van der Waals surface area contributed by atoms with Crippen LogP contribution in [0.5, 0.6) is 5.75 Å². The number of methoxy groups -OCH3 is 1. The Balaban J connectivity index is 2.46. The number of benzene rings is 1. The molecule has 0 radical (unpaired) electrons. The lowest BCUT2D eigenvalue weighted by atomic mass is 10.1. The van der Waals surface area contributed by atoms with Gasteiger partial charge in [-0.2, -0.15) is 5.10 Å². The van der Waals surface area contributed by atoms with E-state index in [4.69, 9.17) is 4.74 Å². The minimum absolute atomic E-state index is 0.103. The molecule has 1 aromatic rings. The first-order valence-electron chi connectivity index (χ1n) is 6.46. The summed E-state index contributed by atoms with van der Waals surface area (Å²) in [5.41, 5.74) is 4.47. The largest absolute Gasteiger partial charge is 0.497 e. The van der Waals surface area contributed by atoms with Crippen LogP contribution in [0.1, 0.15) is 32.8 Å². The molecule has 0 fully saturated rings. The van der Waals surface area contributed by atoms with Gasteiger partial charge in [0.1, 0.15) is 5.75 Å². The van der Waals surface area contributed by atoms with Crippen LogP contribution in [-0.2, 0) is 11.2 Å². The van der Waals surface area contributed by atoms with E-state index in [1.54, 1.807) is 7.11 Å². The van der Waals surface area contributed by atoms with Crippen molar-refractivity contribution >= 4 is 11.6 Å². The summed E-state index contributed by atoms with van der Waals surface area (Å²) in [6.45, 7) is 6.17. The molecule has 0 heterocycles. The Labute approximate surface area is 114 Å². The molecule has 0 bridgehead atoms. The van der Waals surface area contributed by atoms with E-state index in [0.29, 0.717) is 12.3 Å². The molecule has 4 nitrogen and oxygen atoms in total. The van der Waals surface area contributed by atoms with Crippen molar-refractivity contribution in [2.75, 3.05) is 7.11 Å². The molecule has 0 aliphatic carbocycles. The Kier molecular flexibility index (Phi) is 6.06. The van der Waals surface area contributed by atoms with Gasteiger partial charge in [-0.25, -0.2) is 5.43 Å². The number of hydrogen-bond donors (Lipinski definition) is 1.